The average Bonchev–Trinajstić information content (AvgIpc) is 3.22. The van der Waals surface area contributed by atoms with Gasteiger partial charge in [-0.05, 0) is 48.9 Å². The van der Waals surface area contributed by atoms with Crippen molar-refractivity contribution >= 4 is 23.5 Å². The van der Waals surface area contributed by atoms with Crippen molar-refractivity contribution in [2.24, 2.45) is 0 Å². The molecule has 0 spiro atoms. The molecule has 2 aromatic carbocycles. The number of rotatable bonds is 4. The quantitative estimate of drug-likeness (QED) is 0.670. The maximum absolute atomic E-state index is 13.1. The number of nitrogens with one attached hydrogen (secondary N) is 1. The van der Waals surface area contributed by atoms with Crippen molar-refractivity contribution in [3.63, 3.8) is 0 Å². The Labute approximate surface area is 164 Å². The molecule has 28 heavy (non-hydrogen) atoms. The molecule has 0 bridgehead atoms. The molecule has 1 aliphatic heterocycles. The van der Waals surface area contributed by atoms with E-state index < -0.39 is 17.5 Å². The van der Waals surface area contributed by atoms with Crippen LogP contribution in [-0.4, -0.2) is 21.8 Å². The molecule has 1 fully saturated rings. The molecule has 8 heteroatoms. The van der Waals surface area contributed by atoms with Gasteiger partial charge in [-0.1, -0.05) is 23.7 Å². The van der Waals surface area contributed by atoms with Crippen molar-refractivity contribution in [3.05, 3.63) is 76.9 Å². The maximum Gasteiger partial charge on any atom is 0.325 e. The molecule has 1 unspecified atom stereocenters. The van der Waals surface area contributed by atoms with Crippen LogP contribution in [0.5, 0.6) is 0 Å². The second-order valence-electron chi connectivity index (χ2n) is 6.61. The van der Waals surface area contributed by atoms with Crippen molar-refractivity contribution in [2.45, 2.75) is 19.0 Å². The van der Waals surface area contributed by atoms with Gasteiger partial charge in [0, 0.05) is 10.6 Å². The zero-order valence-electron chi connectivity index (χ0n) is 14.8. The Hall–Kier alpha value is -3.19. The SMILES string of the molecule is CC1(c2cccc(Cl)c2)NC(=O)N(Cc2coc(-c3ccc(F)cc3)n2)C1=O. The second kappa shape index (κ2) is 6.76. The predicted molar refractivity (Wildman–Crippen MR) is 99.8 cm³/mol. The Kier molecular flexibility index (Phi) is 4.39. The average molecular weight is 400 g/mol. The highest BCUT2D eigenvalue weighted by atomic mass is 35.5. The smallest absolute Gasteiger partial charge is 0.325 e. The van der Waals surface area contributed by atoms with E-state index in [2.05, 4.69) is 10.3 Å². The van der Waals surface area contributed by atoms with E-state index >= 15 is 0 Å². The Balaban J connectivity index is 1.56. The van der Waals surface area contributed by atoms with Crippen LogP contribution in [0.25, 0.3) is 11.5 Å². The van der Waals surface area contributed by atoms with Gasteiger partial charge in [0.2, 0.25) is 5.89 Å². The molecule has 2 heterocycles. The summed E-state index contributed by atoms with van der Waals surface area (Å²) in [7, 11) is 0. The molecular formula is C20H15ClFN3O3. The van der Waals surface area contributed by atoms with Gasteiger partial charge in [-0.2, -0.15) is 0 Å². The molecule has 3 amide bonds. The lowest BCUT2D eigenvalue weighted by Crippen LogP contribution is -2.40. The van der Waals surface area contributed by atoms with Gasteiger partial charge in [0.25, 0.3) is 5.91 Å². The van der Waals surface area contributed by atoms with Gasteiger partial charge in [0.15, 0.2) is 0 Å². The lowest BCUT2D eigenvalue weighted by molar-refractivity contribution is -0.131. The summed E-state index contributed by atoms with van der Waals surface area (Å²) in [4.78, 5) is 30.8. The standard InChI is InChI=1S/C20H15ClFN3O3/c1-20(13-3-2-4-14(21)9-13)18(26)25(19(27)24-20)10-16-11-28-17(23-16)12-5-7-15(22)8-6-12/h2-9,11H,10H2,1H3,(H,24,27). The third-order valence-corrected chi connectivity index (χ3v) is 4.88. The molecule has 1 saturated heterocycles. The number of aromatic nitrogens is 1. The van der Waals surface area contributed by atoms with Crippen LogP contribution in [0.2, 0.25) is 5.02 Å². The zero-order valence-corrected chi connectivity index (χ0v) is 15.5. The van der Waals surface area contributed by atoms with Crippen LogP contribution in [0.15, 0.2) is 59.2 Å². The number of imide groups is 1. The van der Waals surface area contributed by atoms with Crippen LogP contribution in [0.1, 0.15) is 18.2 Å². The predicted octanol–water partition coefficient (Wildman–Crippen LogP) is 4.10. The molecule has 4 rings (SSSR count). The Morgan fingerprint density at radius 3 is 2.68 bits per heavy atom. The third kappa shape index (κ3) is 3.14. The van der Waals surface area contributed by atoms with Crippen molar-refractivity contribution in [2.75, 3.05) is 0 Å². The molecule has 1 atom stereocenters. The van der Waals surface area contributed by atoms with E-state index in [4.69, 9.17) is 16.0 Å². The van der Waals surface area contributed by atoms with Crippen molar-refractivity contribution in [1.82, 2.24) is 15.2 Å². The molecule has 142 valence electrons. The van der Waals surface area contributed by atoms with Crippen LogP contribution in [0, 0.1) is 5.82 Å². The molecule has 1 N–H and O–H groups in total. The van der Waals surface area contributed by atoms with Crippen molar-refractivity contribution in [3.8, 4) is 11.5 Å². The normalized spacial score (nSPS) is 19.2. The van der Waals surface area contributed by atoms with E-state index in [1.165, 1.54) is 30.5 Å². The van der Waals surface area contributed by atoms with Crippen LogP contribution in [-0.2, 0) is 16.9 Å². The van der Waals surface area contributed by atoms with Gasteiger partial charge in [-0.3, -0.25) is 9.69 Å². The molecule has 0 saturated carbocycles. The summed E-state index contributed by atoms with van der Waals surface area (Å²) in [6.45, 7) is 1.58. The van der Waals surface area contributed by atoms with E-state index in [1.54, 1.807) is 31.2 Å². The molecular weight excluding hydrogens is 385 g/mol. The zero-order chi connectivity index (χ0) is 19.9. The number of carbonyl (C=O) groups is 2. The highest BCUT2D eigenvalue weighted by Gasteiger charge is 2.49. The number of urea groups is 1. The number of hydrogen-bond acceptors (Lipinski definition) is 4. The highest BCUT2D eigenvalue weighted by Crippen LogP contribution is 2.31. The molecule has 1 aliphatic rings. The summed E-state index contributed by atoms with van der Waals surface area (Å²) in [6, 6.07) is 11.9. The summed E-state index contributed by atoms with van der Waals surface area (Å²) in [5, 5.41) is 3.19. The number of benzene rings is 2. The van der Waals surface area contributed by atoms with E-state index in [1.807, 2.05) is 0 Å². The molecule has 0 aliphatic carbocycles. The molecule has 0 radical (unpaired) electrons. The first-order valence-corrected chi connectivity index (χ1v) is 8.85. The fraction of sp³-hybridized carbons (Fsp3) is 0.150. The van der Waals surface area contributed by atoms with Gasteiger partial charge in [0.05, 0.1) is 12.2 Å². The van der Waals surface area contributed by atoms with Gasteiger partial charge in [-0.25, -0.2) is 14.2 Å². The number of oxazole rings is 1. The Bertz CT molecular complexity index is 1070. The number of nitrogens with zero attached hydrogens (tertiary/aromatic N) is 2. The number of carbonyl (C=O) groups excluding carboxylic acids is 2. The van der Waals surface area contributed by atoms with Crippen LogP contribution in [0.3, 0.4) is 0 Å². The van der Waals surface area contributed by atoms with Crippen molar-refractivity contribution in [1.29, 1.82) is 0 Å². The number of hydrogen-bond donors (Lipinski definition) is 1. The van der Waals surface area contributed by atoms with Gasteiger partial charge in [0.1, 0.15) is 17.6 Å². The summed E-state index contributed by atoms with van der Waals surface area (Å²) in [5.41, 5.74) is 0.366. The first kappa shape index (κ1) is 18.2. The molecule has 3 aromatic rings. The Morgan fingerprint density at radius 1 is 1.21 bits per heavy atom. The number of halogens is 2. The molecule has 6 nitrogen and oxygen atoms in total. The fourth-order valence-electron chi connectivity index (χ4n) is 3.10. The largest absolute Gasteiger partial charge is 0.444 e. The minimum Gasteiger partial charge on any atom is -0.444 e. The monoisotopic (exact) mass is 399 g/mol. The third-order valence-electron chi connectivity index (χ3n) is 4.64. The second-order valence-corrected chi connectivity index (χ2v) is 7.04. The van der Waals surface area contributed by atoms with Crippen molar-refractivity contribution < 1.29 is 18.4 Å². The van der Waals surface area contributed by atoms with Gasteiger partial charge in [-0.15, -0.1) is 0 Å². The summed E-state index contributed by atoms with van der Waals surface area (Å²) in [6.07, 6.45) is 1.37. The summed E-state index contributed by atoms with van der Waals surface area (Å²) >= 11 is 6.02. The minimum atomic E-state index is -1.22. The Morgan fingerprint density at radius 2 is 1.96 bits per heavy atom. The minimum absolute atomic E-state index is 0.0501. The van der Waals surface area contributed by atoms with Gasteiger partial charge >= 0.3 is 6.03 Å². The molecule has 1 aromatic heterocycles. The summed E-state index contributed by atoms with van der Waals surface area (Å²) in [5.74, 6) is -0.499. The van der Waals surface area contributed by atoms with E-state index in [-0.39, 0.29) is 18.3 Å². The summed E-state index contributed by atoms with van der Waals surface area (Å²) < 4.78 is 18.5. The van der Waals surface area contributed by atoms with Crippen LogP contribution < -0.4 is 5.32 Å². The lowest BCUT2D eigenvalue weighted by Gasteiger charge is -2.22. The lowest BCUT2D eigenvalue weighted by atomic mass is 9.92. The number of amides is 3. The van der Waals surface area contributed by atoms with Crippen LogP contribution >= 0.6 is 11.6 Å². The van der Waals surface area contributed by atoms with E-state index in [0.29, 0.717) is 21.8 Å². The van der Waals surface area contributed by atoms with E-state index in [0.717, 1.165) is 4.90 Å². The topological polar surface area (TPSA) is 75.4 Å². The highest BCUT2D eigenvalue weighted by molar-refractivity contribution is 6.30. The van der Waals surface area contributed by atoms with Gasteiger partial charge < -0.3 is 9.73 Å². The first-order chi connectivity index (χ1) is 13.4. The first-order valence-electron chi connectivity index (χ1n) is 8.47. The van der Waals surface area contributed by atoms with E-state index in [9.17, 15) is 14.0 Å². The van der Waals surface area contributed by atoms with Crippen LogP contribution in [0.4, 0.5) is 9.18 Å². The fourth-order valence-corrected chi connectivity index (χ4v) is 3.29. The maximum atomic E-state index is 13.1.